The van der Waals surface area contributed by atoms with Gasteiger partial charge in [-0.15, -0.1) is 0 Å². The first-order chi connectivity index (χ1) is 8.34. The molecule has 1 fully saturated rings. The van der Waals surface area contributed by atoms with E-state index in [1.807, 2.05) is 24.3 Å². The average molecular weight is 228 g/mol. The van der Waals surface area contributed by atoms with Gasteiger partial charge >= 0.3 is 0 Å². The van der Waals surface area contributed by atoms with Crippen molar-refractivity contribution in [3.63, 3.8) is 0 Å². The molecule has 0 spiro atoms. The number of hydrogen-bond donors (Lipinski definition) is 1. The molecule has 0 saturated heterocycles. The van der Waals surface area contributed by atoms with E-state index in [1.54, 1.807) is 0 Å². The third-order valence-corrected chi connectivity index (χ3v) is 3.57. The molecule has 1 heterocycles. The Balaban J connectivity index is 2.06. The zero-order valence-electron chi connectivity index (χ0n) is 9.78. The van der Waals surface area contributed by atoms with Crippen LogP contribution in [-0.4, -0.2) is 11.6 Å². The van der Waals surface area contributed by atoms with E-state index >= 15 is 0 Å². The summed E-state index contributed by atoms with van der Waals surface area (Å²) < 4.78 is 0. The van der Waals surface area contributed by atoms with Gasteiger partial charge in [-0.1, -0.05) is 25.0 Å². The lowest BCUT2D eigenvalue weighted by Gasteiger charge is -2.12. The molecule has 1 aliphatic heterocycles. The zero-order chi connectivity index (χ0) is 11.7. The summed E-state index contributed by atoms with van der Waals surface area (Å²) >= 11 is 0. The standard InChI is InChI=1S/C14H16N2O/c17-14-10-6-2-1-3-7-11(10)15-12-8-4-5-9-13(12)16-14/h4-5,8-10H,1-3,6-7H2,(H,16,17). The zero-order valence-corrected chi connectivity index (χ0v) is 9.78. The van der Waals surface area contributed by atoms with Crippen LogP contribution in [0.25, 0.3) is 0 Å². The van der Waals surface area contributed by atoms with E-state index in [0.717, 1.165) is 42.8 Å². The van der Waals surface area contributed by atoms with Crippen molar-refractivity contribution in [3.8, 4) is 0 Å². The molecule has 1 atom stereocenters. The van der Waals surface area contributed by atoms with Gasteiger partial charge in [0.1, 0.15) is 0 Å². The second-order valence-corrected chi connectivity index (χ2v) is 4.76. The fourth-order valence-electron chi connectivity index (χ4n) is 2.64. The van der Waals surface area contributed by atoms with E-state index in [9.17, 15) is 4.79 Å². The van der Waals surface area contributed by atoms with E-state index in [0.29, 0.717) is 0 Å². The Kier molecular flexibility index (Phi) is 2.67. The van der Waals surface area contributed by atoms with Gasteiger partial charge in [0, 0.05) is 5.71 Å². The fourth-order valence-corrected chi connectivity index (χ4v) is 2.64. The van der Waals surface area contributed by atoms with Crippen molar-refractivity contribution in [2.45, 2.75) is 32.1 Å². The number of carbonyl (C=O) groups excluding carboxylic acids is 1. The number of fused-ring (bicyclic) bond motifs is 2. The molecular formula is C14H16N2O. The summed E-state index contributed by atoms with van der Waals surface area (Å²) in [5.74, 6) is 0.112. The van der Waals surface area contributed by atoms with Crippen molar-refractivity contribution in [2.24, 2.45) is 10.9 Å². The van der Waals surface area contributed by atoms with Crippen LogP contribution in [0.15, 0.2) is 29.3 Å². The maximum absolute atomic E-state index is 12.2. The van der Waals surface area contributed by atoms with Gasteiger partial charge < -0.3 is 5.32 Å². The molecule has 1 aromatic rings. The van der Waals surface area contributed by atoms with Gasteiger partial charge in [0.15, 0.2) is 0 Å². The number of amides is 1. The lowest BCUT2D eigenvalue weighted by molar-refractivity contribution is -0.118. The molecule has 17 heavy (non-hydrogen) atoms. The number of benzene rings is 1. The van der Waals surface area contributed by atoms with Crippen LogP contribution in [0.1, 0.15) is 32.1 Å². The van der Waals surface area contributed by atoms with E-state index in [4.69, 9.17) is 4.99 Å². The Hall–Kier alpha value is -1.64. The minimum absolute atomic E-state index is 0.00935. The number of rotatable bonds is 0. The van der Waals surface area contributed by atoms with Crippen molar-refractivity contribution in [2.75, 3.05) is 5.32 Å². The molecule has 0 radical (unpaired) electrons. The molecule has 88 valence electrons. The Labute approximate surface area is 101 Å². The van der Waals surface area contributed by atoms with Crippen molar-refractivity contribution < 1.29 is 4.79 Å². The van der Waals surface area contributed by atoms with E-state index < -0.39 is 0 Å². The summed E-state index contributed by atoms with van der Waals surface area (Å²) in [6, 6.07) is 7.78. The van der Waals surface area contributed by atoms with Crippen molar-refractivity contribution in [3.05, 3.63) is 24.3 Å². The van der Waals surface area contributed by atoms with Crippen LogP contribution in [0.3, 0.4) is 0 Å². The third-order valence-electron chi connectivity index (χ3n) is 3.57. The predicted octanol–water partition coefficient (Wildman–Crippen LogP) is 3.29. The Morgan fingerprint density at radius 3 is 3.00 bits per heavy atom. The Morgan fingerprint density at radius 2 is 2.06 bits per heavy atom. The van der Waals surface area contributed by atoms with Crippen LogP contribution < -0.4 is 5.32 Å². The van der Waals surface area contributed by atoms with Crippen LogP contribution in [0, 0.1) is 5.92 Å². The summed E-state index contributed by atoms with van der Waals surface area (Å²) in [5.41, 5.74) is 2.82. The van der Waals surface area contributed by atoms with Crippen LogP contribution >= 0.6 is 0 Å². The van der Waals surface area contributed by atoms with E-state index in [-0.39, 0.29) is 11.8 Å². The molecule has 3 heteroatoms. The summed E-state index contributed by atoms with van der Waals surface area (Å²) in [5, 5.41) is 3.00. The molecule has 1 amide bonds. The molecule has 1 unspecified atom stereocenters. The molecule has 1 aromatic carbocycles. The Bertz CT molecular complexity index is 479. The predicted molar refractivity (Wildman–Crippen MR) is 68.7 cm³/mol. The number of carbonyl (C=O) groups is 1. The minimum atomic E-state index is -0.00935. The molecule has 3 nitrogen and oxygen atoms in total. The van der Waals surface area contributed by atoms with Gasteiger partial charge in [0.25, 0.3) is 0 Å². The first-order valence-electron chi connectivity index (χ1n) is 6.32. The lowest BCUT2D eigenvalue weighted by Crippen LogP contribution is -2.27. The molecule has 1 N–H and O–H groups in total. The van der Waals surface area contributed by atoms with E-state index in [1.165, 1.54) is 6.42 Å². The Morgan fingerprint density at radius 1 is 1.18 bits per heavy atom. The first-order valence-corrected chi connectivity index (χ1v) is 6.32. The number of hydrogen-bond acceptors (Lipinski definition) is 2. The monoisotopic (exact) mass is 228 g/mol. The fraction of sp³-hybridized carbons (Fsp3) is 0.429. The minimum Gasteiger partial charge on any atom is -0.324 e. The maximum Gasteiger partial charge on any atom is 0.233 e. The second kappa shape index (κ2) is 4.32. The highest BCUT2D eigenvalue weighted by molar-refractivity contribution is 6.13. The van der Waals surface area contributed by atoms with Crippen LogP contribution in [0.5, 0.6) is 0 Å². The van der Waals surface area contributed by atoms with Gasteiger partial charge in [0.05, 0.1) is 17.3 Å². The van der Waals surface area contributed by atoms with Crippen LogP contribution in [0.2, 0.25) is 0 Å². The summed E-state index contributed by atoms with van der Waals surface area (Å²) in [7, 11) is 0. The first kappa shape index (κ1) is 10.5. The van der Waals surface area contributed by atoms with E-state index in [2.05, 4.69) is 5.32 Å². The van der Waals surface area contributed by atoms with Crippen molar-refractivity contribution >= 4 is 23.0 Å². The number of nitrogens with one attached hydrogen (secondary N) is 1. The topological polar surface area (TPSA) is 41.5 Å². The maximum atomic E-state index is 12.2. The highest BCUT2D eigenvalue weighted by atomic mass is 16.1. The van der Waals surface area contributed by atoms with Crippen LogP contribution in [0.4, 0.5) is 11.4 Å². The number of nitrogens with zero attached hydrogens (tertiary/aromatic N) is 1. The highest BCUT2D eigenvalue weighted by Gasteiger charge is 2.28. The molecule has 3 rings (SSSR count). The summed E-state index contributed by atoms with van der Waals surface area (Å²) in [6.07, 6.45) is 5.41. The van der Waals surface area contributed by atoms with Gasteiger partial charge in [-0.2, -0.15) is 0 Å². The van der Waals surface area contributed by atoms with Gasteiger partial charge in [0.2, 0.25) is 5.91 Å². The quantitative estimate of drug-likeness (QED) is 0.727. The average Bonchev–Trinajstić information content (AvgIpc) is 2.62. The highest BCUT2D eigenvalue weighted by Crippen LogP contribution is 2.32. The normalized spacial score (nSPS) is 23.6. The van der Waals surface area contributed by atoms with Crippen molar-refractivity contribution in [1.82, 2.24) is 0 Å². The summed E-state index contributed by atoms with van der Waals surface area (Å²) in [4.78, 5) is 16.9. The van der Waals surface area contributed by atoms with Gasteiger partial charge in [-0.25, -0.2) is 0 Å². The van der Waals surface area contributed by atoms with Crippen molar-refractivity contribution in [1.29, 1.82) is 0 Å². The molecule has 0 aromatic heterocycles. The molecule has 1 saturated carbocycles. The SMILES string of the molecule is O=C1Nc2ccccc2N=C2CCCCCC12. The van der Waals surface area contributed by atoms with Gasteiger partial charge in [-0.3, -0.25) is 9.79 Å². The third kappa shape index (κ3) is 1.97. The smallest absolute Gasteiger partial charge is 0.233 e. The number of para-hydroxylation sites is 2. The molecule has 0 bridgehead atoms. The largest absolute Gasteiger partial charge is 0.324 e. The molecule has 2 aliphatic rings. The molecular weight excluding hydrogens is 212 g/mol. The number of aliphatic imine (C=N–C) groups is 1. The van der Waals surface area contributed by atoms with Crippen LogP contribution in [-0.2, 0) is 4.79 Å². The lowest BCUT2D eigenvalue weighted by atomic mass is 9.97. The van der Waals surface area contributed by atoms with Gasteiger partial charge in [-0.05, 0) is 31.4 Å². The summed E-state index contributed by atoms with van der Waals surface area (Å²) in [6.45, 7) is 0. The molecule has 1 aliphatic carbocycles. The number of anilines is 1. The second-order valence-electron chi connectivity index (χ2n) is 4.76.